The van der Waals surface area contributed by atoms with Crippen LogP contribution in [0, 0.1) is 23.7 Å². The highest BCUT2D eigenvalue weighted by Gasteiger charge is 2.36. The van der Waals surface area contributed by atoms with Gasteiger partial charge in [0.1, 0.15) is 5.78 Å². The van der Waals surface area contributed by atoms with Crippen LogP contribution in [0.5, 0.6) is 0 Å². The molecule has 2 fully saturated rings. The van der Waals surface area contributed by atoms with Crippen LogP contribution in [0.15, 0.2) is 0 Å². The molecule has 1 aliphatic carbocycles. The van der Waals surface area contributed by atoms with Crippen LogP contribution in [0.4, 0.5) is 0 Å². The van der Waals surface area contributed by atoms with Gasteiger partial charge in [0, 0.05) is 24.9 Å². The zero-order valence-electron chi connectivity index (χ0n) is 12.5. The highest BCUT2D eigenvalue weighted by Crippen LogP contribution is 2.33. The molecule has 18 heavy (non-hydrogen) atoms. The Labute approximate surface area is 112 Å². The van der Waals surface area contributed by atoms with Crippen LogP contribution in [-0.4, -0.2) is 29.8 Å². The molecule has 2 heteroatoms. The highest BCUT2D eigenvalue weighted by atomic mass is 16.1. The van der Waals surface area contributed by atoms with Crippen LogP contribution < -0.4 is 0 Å². The number of Topliss-reactive ketones (excluding diaryl/α,β-unsaturated/α-hetero) is 1. The SMILES string of the molecule is CC1CC(=O)C(CN2CCCC2C(C)C)C(C)C1. The summed E-state index contributed by atoms with van der Waals surface area (Å²) in [5.41, 5.74) is 0. The zero-order chi connectivity index (χ0) is 13.3. The predicted molar refractivity (Wildman–Crippen MR) is 75.5 cm³/mol. The van der Waals surface area contributed by atoms with Crippen LogP contribution in [0.3, 0.4) is 0 Å². The van der Waals surface area contributed by atoms with Gasteiger partial charge in [-0.2, -0.15) is 0 Å². The molecule has 1 saturated carbocycles. The molecule has 0 amide bonds. The Kier molecular flexibility index (Phi) is 4.47. The number of carbonyl (C=O) groups excluding carboxylic acids is 1. The molecule has 1 saturated heterocycles. The summed E-state index contributed by atoms with van der Waals surface area (Å²) in [4.78, 5) is 14.8. The normalized spacial score (nSPS) is 38.6. The Hall–Kier alpha value is -0.370. The molecule has 0 bridgehead atoms. The fraction of sp³-hybridized carbons (Fsp3) is 0.938. The van der Waals surface area contributed by atoms with Crippen molar-refractivity contribution >= 4 is 5.78 Å². The molecule has 4 atom stereocenters. The summed E-state index contributed by atoms with van der Waals surface area (Å²) in [7, 11) is 0. The summed E-state index contributed by atoms with van der Waals surface area (Å²) >= 11 is 0. The van der Waals surface area contributed by atoms with E-state index in [2.05, 4.69) is 32.6 Å². The van der Waals surface area contributed by atoms with Gasteiger partial charge in [-0.3, -0.25) is 9.69 Å². The smallest absolute Gasteiger partial charge is 0.137 e. The molecule has 104 valence electrons. The molecule has 2 rings (SSSR count). The van der Waals surface area contributed by atoms with Crippen molar-refractivity contribution in [3.8, 4) is 0 Å². The van der Waals surface area contributed by atoms with E-state index in [1.165, 1.54) is 25.8 Å². The van der Waals surface area contributed by atoms with E-state index in [1.807, 2.05) is 0 Å². The summed E-state index contributed by atoms with van der Waals surface area (Å²) < 4.78 is 0. The molecule has 0 radical (unpaired) electrons. The Morgan fingerprint density at radius 3 is 2.67 bits per heavy atom. The van der Waals surface area contributed by atoms with Gasteiger partial charge in [0.25, 0.3) is 0 Å². The molecule has 0 aromatic rings. The lowest BCUT2D eigenvalue weighted by atomic mass is 9.74. The van der Waals surface area contributed by atoms with E-state index in [0.29, 0.717) is 29.6 Å². The van der Waals surface area contributed by atoms with E-state index in [4.69, 9.17) is 0 Å². The quantitative estimate of drug-likeness (QED) is 0.766. The van der Waals surface area contributed by atoms with Gasteiger partial charge in [-0.25, -0.2) is 0 Å². The van der Waals surface area contributed by atoms with Crippen LogP contribution >= 0.6 is 0 Å². The molecule has 0 spiro atoms. The number of nitrogens with zero attached hydrogens (tertiary/aromatic N) is 1. The van der Waals surface area contributed by atoms with Crippen LogP contribution in [0.1, 0.15) is 53.4 Å². The second-order valence-corrected chi connectivity index (χ2v) is 7.04. The van der Waals surface area contributed by atoms with Gasteiger partial charge < -0.3 is 0 Å². The second-order valence-electron chi connectivity index (χ2n) is 7.04. The average Bonchev–Trinajstić information content (AvgIpc) is 2.71. The maximum Gasteiger partial charge on any atom is 0.137 e. The third-order valence-electron chi connectivity index (χ3n) is 5.04. The minimum atomic E-state index is 0.306. The maximum absolute atomic E-state index is 12.3. The number of rotatable bonds is 3. The molecule has 4 unspecified atom stereocenters. The van der Waals surface area contributed by atoms with Gasteiger partial charge in [0.15, 0.2) is 0 Å². The average molecular weight is 251 g/mol. The van der Waals surface area contributed by atoms with Crippen LogP contribution in [0.25, 0.3) is 0 Å². The van der Waals surface area contributed by atoms with Crippen molar-refractivity contribution in [1.82, 2.24) is 4.90 Å². The first kappa shape index (κ1) is 14.0. The van der Waals surface area contributed by atoms with E-state index in [0.717, 1.165) is 18.9 Å². The van der Waals surface area contributed by atoms with Crippen LogP contribution in [0.2, 0.25) is 0 Å². The third kappa shape index (κ3) is 2.96. The molecule has 2 nitrogen and oxygen atoms in total. The fourth-order valence-corrected chi connectivity index (χ4v) is 4.06. The van der Waals surface area contributed by atoms with Crippen molar-refractivity contribution in [2.45, 2.75) is 59.4 Å². The number of ketones is 1. The molecular formula is C16H29NO. The van der Waals surface area contributed by atoms with Gasteiger partial charge in [0.05, 0.1) is 0 Å². The van der Waals surface area contributed by atoms with Crippen molar-refractivity contribution in [3.05, 3.63) is 0 Å². The minimum Gasteiger partial charge on any atom is -0.299 e. The molecular weight excluding hydrogens is 222 g/mol. The van der Waals surface area contributed by atoms with Gasteiger partial charge in [-0.1, -0.05) is 27.7 Å². The summed E-state index contributed by atoms with van der Waals surface area (Å²) in [6.07, 6.45) is 4.68. The lowest BCUT2D eigenvalue weighted by molar-refractivity contribution is -0.128. The lowest BCUT2D eigenvalue weighted by Gasteiger charge is -2.36. The first-order valence-corrected chi connectivity index (χ1v) is 7.75. The lowest BCUT2D eigenvalue weighted by Crippen LogP contribution is -2.43. The minimum absolute atomic E-state index is 0.306. The Bertz CT molecular complexity index is 299. The van der Waals surface area contributed by atoms with E-state index < -0.39 is 0 Å². The Morgan fingerprint density at radius 2 is 2.06 bits per heavy atom. The van der Waals surface area contributed by atoms with E-state index in [-0.39, 0.29) is 0 Å². The largest absolute Gasteiger partial charge is 0.299 e. The van der Waals surface area contributed by atoms with Crippen molar-refractivity contribution in [2.75, 3.05) is 13.1 Å². The fourth-order valence-electron chi connectivity index (χ4n) is 4.06. The molecule has 0 aromatic heterocycles. The molecule has 0 N–H and O–H groups in total. The van der Waals surface area contributed by atoms with Crippen molar-refractivity contribution in [2.24, 2.45) is 23.7 Å². The summed E-state index contributed by atoms with van der Waals surface area (Å²) in [6.45, 7) is 11.4. The topological polar surface area (TPSA) is 20.3 Å². The van der Waals surface area contributed by atoms with Crippen molar-refractivity contribution < 1.29 is 4.79 Å². The third-order valence-corrected chi connectivity index (χ3v) is 5.04. The molecule has 2 aliphatic rings. The van der Waals surface area contributed by atoms with Crippen LogP contribution in [-0.2, 0) is 4.79 Å². The molecule has 1 heterocycles. The monoisotopic (exact) mass is 251 g/mol. The maximum atomic E-state index is 12.3. The number of hydrogen-bond donors (Lipinski definition) is 0. The summed E-state index contributed by atoms with van der Waals surface area (Å²) in [6, 6.07) is 0.712. The highest BCUT2D eigenvalue weighted by molar-refractivity contribution is 5.82. The standard InChI is InChI=1S/C16H29NO/c1-11(2)15-6-5-7-17(15)10-14-13(4)8-12(3)9-16(14)18/h11-15H,5-10H2,1-4H3. The van der Waals surface area contributed by atoms with Crippen molar-refractivity contribution in [3.63, 3.8) is 0 Å². The second kappa shape index (κ2) is 5.73. The van der Waals surface area contributed by atoms with Gasteiger partial charge in [-0.05, 0) is 43.6 Å². The zero-order valence-corrected chi connectivity index (χ0v) is 12.5. The van der Waals surface area contributed by atoms with E-state index in [1.54, 1.807) is 0 Å². The number of likely N-dealkylation sites (tertiary alicyclic amines) is 1. The summed E-state index contributed by atoms with van der Waals surface area (Å²) in [5.74, 6) is 2.73. The summed E-state index contributed by atoms with van der Waals surface area (Å²) in [5, 5.41) is 0. The van der Waals surface area contributed by atoms with Gasteiger partial charge in [-0.15, -0.1) is 0 Å². The Morgan fingerprint density at radius 1 is 1.33 bits per heavy atom. The van der Waals surface area contributed by atoms with Gasteiger partial charge >= 0.3 is 0 Å². The molecule has 0 aromatic carbocycles. The van der Waals surface area contributed by atoms with Gasteiger partial charge in [0.2, 0.25) is 0 Å². The first-order valence-electron chi connectivity index (χ1n) is 7.75. The first-order chi connectivity index (χ1) is 8.49. The van der Waals surface area contributed by atoms with Crippen molar-refractivity contribution in [1.29, 1.82) is 0 Å². The Balaban J connectivity index is 1.97. The molecule has 1 aliphatic heterocycles. The van der Waals surface area contributed by atoms with E-state index >= 15 is 0 Å². The number of hydrogen-bond acceptors (Lipinski definition) is 2. The van der Waals surface area contributed by atoms with E-state index in [9.17, 15) is 4.79 Å². The number of carbonyl (C=O) groups is 1. The predicted octanol–water partition coefficient (Wildman–Crippen LogP) is 3.36.